The maximum absolute atomic E-state index is 12.2. The molecular formula is C14H18ClNO4P+. The largest absolute Gasteiger partial charge is 0.682 e. The van der Waals surface area contributed by atoms with E-state index in [4.69, 9.17) is 21.4 Å². The van der Waals surface area contributed by atoms with E-state index < -0.39 is 20.2 Å². The summed E-state index contributed by atoms with van der Waals surface area (Å²) in [6, 6.07) is 8.24. The van der Waals surface area contributed by atoms with Crippen molar-refractivity contribution in [1.29, 1.82) is 0 Å². The van der Waals surface area contributed by atoms with Gasteiger partial charge in [-0.25, -0.2) is 4.52 Å². The lowest BCUT2D eigenvalue weighted by molar-refractivity contribution is -0.138. The Bertz CT molecular complexity index is 493. The number of rotatable bonds is 7. The number of para-hydroxylation sites is 1. The zero-order valence-corrected chi connectivity index (χ0v) is 13.2. The van der Waals surface area contributed by atoms with E-state index in [2.05, 4.69) is 0 Å². The van der Waals surface area contributed by atoms with E-state index in [9.17, 15) is 9.36 Å². The van der Waals surface area contributed by atoms with Crippen molar-refractivity contribution < 1.29 is 19.0 Å². The number of carboxylic acid groups (broad SMARTS) is 1. The van der Waals surface area contributed by atoms with Gasteiger partial charge in [0.1, 0.15) is 0 Å². The molecule has 2 atom stereocenters. The molecular weight excluding hydrogens is 313 g/mol. The number of carbonyl (C=O) groups is 1. The number of benzene rings is 1. The minimum Gasteiger partial charge on any atom is -0.481 e. The second kappa shape index (κ2) is 7.74. The average Bonchev–Trinajstić information content (AvgIpc) is 2.99. The highest BCUT2D eigenvalue weighted by atomic mass is 35.5. The molecule has 0 saturated heterocycles. The molecule has 0 amide bonds. The first kappa shape index (κ1) is 16.2. The minimum absolute atomic E-state index is 0.132. The van der Waals surface area contributed by atoms with Crippen molar-refractivity contribution in [2.24, 2.45) is 5.92 Å². The number of nitrogens with zero attached hydrogens (tertiary/aromatic N) is 1. The number of halogens is 1. The smallest absolute Gasteiger partial charge is 0.481 e. The molecule has 0 spiro atoms. The van der Waals surface area contributed by atoms with E-state index in [0.29, 0.717) is 5.75 Å². The van der Waals surface area contributed by atoms with Gasteiger partial charge in [-0.15, -0.1) is 0 Å². The van der Waals surface area contributed by atoms with E-state index in [1.54, 1.807) is 24.3 Å². The predicted octanol–water partition coefficient (Wildman–Crippen LogP) is 4.21. The minimum atomic E-state index is -2.32. The van der Waals surface area contributed by atoms with Crippen LogP contribution in [0.1, 0.15) is 32.1 Å². The van der Waals surface area contributed by atoms with Crippen LogP contribution in [-0.2, 0) is 9.36 Å². The highest BCUT2D eigenvalue weighted by molar-refractivity contribution is 7.38. The fraction of sp³-hybridized carbons (Fsp3) is 0.500. The maximum Gasteiger partial charge on any atom is 0.682 e. The summed E-state index contributed by atoms with van der Waals surface area (Å²) in [6.45, 7) is 0. The first-order valence-electron chi connectivity index (χ1n) is 6.95. The molecule has 0 aromatic heterocycles. The Hall–Kier alpha value is -1.16. The van der Waals surface area contributed by atoms with Gasteiger partial charge in [0, 0.05) is 20.5 Å². The predicted molar refractivity (Wildman–Crippen MR) is 80.4 cm³/mol. The van der Waals surface area contributed by atoms with E-state index in [1.807, 2.05) is 6.07 Å². The third-order valence-corrected chi connectivity index (χ3v) is 5.28. The molecule has 5 nitrogen and oxygen atoms in total. The Morgan fingerprint density at radius 1 is 1.38 bits per heavy atom. The van der Waals surface area contributed by atoms with Gasteiger partial charge in [0.2, 0.25) is 0 Å². The molecule has 21 heavy (non-hydrogen) atoms. The molecule has 1 aliphatic carbocycles. The average molecular weight is 331 g/mol. The molecule has 114 valence electrons. The third-order valence-electron chi connectivity index (χ3n) is 3.68. The molecule has 2 unspecified atom stereocenters. The van der Waals surface area contributed by atoms with Crippen molar-refractivity contribution in [3.63, 3.8) is 0 Å². The Morgan fingerprint density at radius 3 is 2.57 bits per heavy atom. The lowest BCUT2D eigenvalue weighted by Gasteiger charge is -2.20. The van der Waals surface area contributed by atoms with Gasteiger partial charge in [0.05, 0.1) is 12.5 Å². The Morgan fingerprint density at radius 2 is 2.00 bits per heavy atom. The second-order valence-electron chi connectivity index (χ2n) is 5.14. The summed E-state index contributed by atoms with van der Waals surface area (Å²) in [6.07, 6.45) is 3.81. The standard InChI is InChI=1S/C14H17ClNO4P/c15-16(21(19)20-12-8-2-1-3-9-12)13(10-14(17)18)11-6-4-5-7-11/h1-3,8-9,11,13H,4-7,10H2/p+1. The van der Waals surface area contributed by atoms with Crippen molar-refractivity contribution in [2.75, 3.05) is 0 Å². The van der Waals surface area contributed by atoms with Crippen LogP contribution in [-0.4, -0.2) is 21.3 Å². The molecule has 0 bridgehead atoms. The molecule has 1 aromatic carbocycles. The molecule has 7 heteroatoms. The summed E-state index contributed by atoms with van der Waals surface area (Å²) in [5, 5.41) is 9.04. The zero-order valence-electron chi connectivity index (χ0n) is 11.5. The van der Waals surface area contributed by atoms with Crippen LogP contribution in [0.15, 0.2) is 30.3 Å². The summed E-state index contributed by atoms with van der Waals surface area (Å²) in [5.74, 6) is -0.345. The van der Waals surface area contributed by atoms with Crippen molar-refractivity contribution in [2.45, 2.75) is 38.1 Å². The summed E-state index contributed by atoms with van der Waals surface area (Å²) in [4.78, 5) is 11.0. The summed E-state index contributed by atoms with van der Waals surface area (Å²) < 4.78 is 18.6. The van der Waals surface area contributed by atoms with E-state index >= 15 is 0 Å². The van der Waals surface area contributed by atoms with Crippen LogP contribution in [0.2, 0.25) is 0 Å². The molecule has 1 fully saturated rings. The Kier molecular flexibility index (Phi) is 5.97. The van der Waals surface area contributed by atoms with Gasteiger partial charge in [-0.2, -0.15) is 0 Å². The van der Waals surface area contributed by atoms with Crippen LogP contribution < -0.4 is 4.52 Å². The molecule has 2 rings (SSSR count). The van der Waals surface area contributed by atoms with Crippen LogP contribution >= 0.6 is 20.0 Å². The molecule has 0 aliphatic heterocycles. The zero-order chi connectivity index (χ0) is 15.2. The monoisotopic (exact) mass is 330 g/mol. The Balaban J connectivity index is 2.03. The molecule has 0 radical (unpaired) electrons. The molecule has 1 N–H and O–H groups in total. The fourth-order valence-corrected chi connectivity index (χ4v) is 3.88. The summed E-state index contributed by atoms with van der Waals surface area (Å²) >= 11 is 6.13. The van der Waals surface area contributed by atoms with Crippen molar-refractivity contribution in [1.82, 2.24) is 4.19 Å². The lowest BCUT2D eigenvalue weighted by atomic mass is 9.96. The van der Waals surface area contributed by atoms with Gasteiger partial charge in [-0.05, 0) is 30.9 Å². The number of hydrogen-bond donors (Lipinski definition) is 1. The van der Waals surface area contributed by atoms with Crippen LogP contribution in [0.5, 0.6) is 5.75 Å². The third kappa shape index (κ3) is 4.67. The quantitative estimate of drug-likeness (QED) is 0.599. The number of hydrogen-bond acceptors (Lipinski definition) is 3. The van der Waals surface area contributed by atoms with Crippen molar-refractivity contribution in [3.05, 3.63) is 30.3 Å². The van der Waals surface area contributed by atoms with Gasteiger partial charge in [-0.3, -0.25) is 4.79 Å². The summed E-state index contributed by atoms with van der Waals surface area (Å²) in [7, 11) is -2.32. The molecule has 1 aromatic rings. The molecule has 0 heterocycles. The molecule has 1 saturated carbocycles. The van der Waals surface area contributed by atoms with Gasteiger partial charge in [-0.1, -0.05) is 31.0 Å². The molecule has 1 aliphatic rings. The number of carboxylic acids is 1. The first-order valence-corrected chi connectivity index (χ1v) is 8.41. The van der Waals surface area contributed by atoms with Crippen LogP contribution in [0.3, 0.4) is 0 Å². The fourth-order valence-electron chi connectivity index (χ4n) is 2.67. The van der Waals surface area contributed by atoms with E-state index in [-0.39, 0.29) is 12.3 Å². The highest BCUT2D eigenvalue weighted by Gasteiger charge is 2.43. The lowest BCUT2D eigenvalue weighted by Crippen LogP contribution is -2.32. The van der Waals surface area contributed by atoms with Gasteiger partial charge >= 0.3 is 14.1 Å². The maximum atomic E-state index is 12.2. The second-order valence-corrected chi connectivity index (χ2v) is 6.83. The topological polar surface area (TPSA) is 66.8 Å². The summed E-state index contributed by atoms with van der Waals surface area (Å²) in [5.41, 5.74) is 0. The Labute approximate surface area is 129 Å². The van der Waals surface area contributed by atoms with Gasteiger partial charge in [0.25, 0.3) is 0 Å². The van der Waals surface area contributed by atoms with Crippen LogP contribution in [0, 0.1) is 5.92 Å². The first-order chi connectivity index (χ1) is 10.1. The van der Waals surface area contributed by atoms with E-state index in [1.165, 1.54) is 0 Å². The van der Waals surface area contributed by atoms with Crippen molar-refractivity contribution >= 4 is 25.9 Å². The number of aliphatic carboxylic acids is 1. The van der Waals surface area contributed by atoms with Crippen LogP contribution in [0.25, 0.3) is 0 Å². The van der Waals surface area contributed by atoms with Crippen molar-refractivity contribution in [3.8, 4) is 5.75 Å². The van der Waals surface area contributed by atoms with E-state index in [0.717, 1.165) is 29.9 Å². The van der Waals surface area contributed by atoms with Gasteiger partial charge < -0.3 is 5.11 Å². The van der Waals surface area contributed by atoms with Gasteiger partial charge in [0.15, 0.2) is 5.75 Å². The SMILES string of the molecule is O=C(O)CC(C1CCCC1)N(Cl)[P+](=O)Oc1ccccc1. The normalized spacial score (nSPS) is 17.7. The van der Waals surface area contributed by atoms with Crippen LogP contribution in [0.4, 0.5) is 0 Å². The highest BCUT2D eigenvalue weighted by Crippen LogP contribution is 2.41.